The highest BCUT2D eigenvalue weighted by Crippen LogP contribution is 2.38. The number of ether oxygens (including phenoxy) is 5. The molecule has 0 radical (unpaired) electrons. The predicted molar refractivity (Wildman–Crippen MR) is 108 cm³/mol. The fourth-order valence-electron chi connectivity index (χ4n) is 2.94. The minimum absolute atomic E-state index is 0.0199. The van der Waals surface area contributed by atoms with E-state index in [0.717, 1.165) is 16.5 Å². The Morgan fingerprint density at radius 2 is 1.97 bits per heavy atom. The van der Waals surface area contributed by atoms with E-state index in [1.54, 1.807) is 14.2 Å². The van der Waals surface area contributed by atoms with Crippen LogP contribution in [-0.4, -0.2) is 61.9 Å². The Hall–Kier alpha value is -3.04. The quantitative estimate of drug-likeness (QED) is 0.529. The smallest absolute Gasteiger partial charge is 0.223 e. The highest BCUT2D eigenvalue weighted by atomic mass is 16.6. The van der Waals surface area contributed by atoms with Crippen LogP contribution in [0.3, 0.4) is 0 Å². The highest BCUT2D eigenvalue weighted by Gasteiger charge is 2.23. The number of aryl methyl sites for hydroxylation is 1. The molecule has 0 atom stereocenters. The van der Waals surface area contributed by atoms with Crippen molar-refractivity contribution in [3.05, 3.63) is 30.0 Å². The normalized spacial score (nSPS) is 13.9. The summed E-state index contributed by atoms with van der Waals surface area (Å²) in [6, 6.07) is 7.61. The molecule has 154 valence electrons. The van der Waals surface area contributed by atoms with E-state index in [2.05, 4.69) is 20.5 Å². The molecular weight excluding hydrogens is 376 g/mol. The van der Waals surface area contributed by atoms with Crippen LogP contribution in [0.1, 0.15) is 5.69 Å². The predicted octanol–water partition coefficient (Wildman–Crippen LogP) is 2.82. The highest BCUT2D eigenvalue weighted by molar-refractivity contribution is 5.92. The number of rotatable bonds is 9. The van der Waals surface area contributed by atoms with Crippen LogP contribution < -0.4 is 19.5 Å². The maximum absolute atomic E-state index is 6.08. The lowest BCUT2D eigenvalue weighted by Gasteiger charge is -2.27. The summed E-state index contributed by atoms with van der Waals surface area (Å²) in [6.07, 6.45) is -0.0199. The van der Waals surface area contributed by atoms with Gasteiger partial charge in [-0.2, -0.15) is 10.1 Å². The van der Waals surface area contributed by atoms with Crippen molar-refractivity contribution in [3.63, 3.8) is 0 Å². The molecule has 2 aromatic heterocycles. The van der Waals surface area contributed by atoms with E-state index in [-0.39, 0.29) is 6.10 Å². The molecule has 0 saturated carbocycles. The molecule has 1 fully saturated rings. The van der Waals surface area contributed by atoms with Gasteiger partial charge >= 0.3 is 0 Å². The maximum atomic E-state index is 6.08. The Morgan fingerprint density at radius 1 is 1.10 bits per heavy atom. The van der Waals surface area contributed by atoms with E-state index in [1.165, 1.54) is 0 Å². The van der Waals surface area contributed by atoms with Gasteiger partial charge in [0.25, 0.3) is 0 Å². The zero-order valence-corrected chi connectivity index (χ0v) is 16.7. The van der Waals surface area contributed by atoms with Crippen molar-refractivity contribution >= 4 is 22.4 Å². The Labute approximate surface area is 168 Å². The molecule has 1 aromatic carbocycles. The number of pyridine rings is 1. The molecule has 1 aliphatic rings. The molecular formula is C20H24N4O5. The molecule has 3 heterocycles. The van der Waals surface area contributed by atoms with Crippen molar-refractivity contribution in [3.8, 4) is 17.4 Å². The van der Waals surface area contributed by atoms with E-state index in [1.807, 2.05) is 31.2 Å². The first-order chi connectivity index (χ1) is 14.2. The molecule has 9 heteroatoms. The van der Waals surface area contributed by atoms with Crippen LogP contribution in [0.4, 0.5) is 11.6 Å². The second-order valence-electron chi connectivity index (χ2n) is 6.72. The van der Waals surface area contributed by atoms with Gasteiger partial charge in [0.2, 0.25) is 5.88 Å². The van der Waals surface area contributed by atoms with Gasteiger partial charge in [0.05, 0.1) is 26.9 Å². The molecule has 1 saturated heterocycles. The van der Waals surface area contributed by atoms with Crippen LogP contribution in [-0.2, 0) is 9.47 Å². The molecule has 1 aliphatic heterocycles. The summed E-state index contributed by atoms with van der Waals surface area (Å²) in [5.74, 6) is 3.04. The minimum Gasteiger partial charge on any atom is -0.493 e. The van der Waals surface area contributed by atoms with Gasteiger partial charge in [-0.25, -0.2) is 0 Å². The molecule has 0 spiro atoms. The number of aromatic nitrogens is 3. The summed E-state index contributed by atoms with van der Waals surface area (Å²) >= 11 is 0. The van der Waals surface area contributed by atoms with Crippen LogP contribution in [0.2, 0.25) is 0 Å². The lowest BCUT2D eigenvalue weighted by atomic mass is 10.1. The summed E-state index contributed by atoms with van der Waals surface area (Å²) < 4.78 is 27.7. The van der Waals surface area contributed by atoms with Gasteiger partial charge in [0.1, 0.15) is 18.5 Å². The number of nitrogens with zero attached hydrogens (tertiary/aromatic N) is 2. The number of benzene rings is 1. The Morgan fingerprint density at radius 3 is 2.62 bits per heavy atom. The number of H-pyrrole nitrogens is 1. The molecule has 0 bridgehead atoms. The zero-order valence-electron chi connectivity index (χ0n) is 16.7. The van der Waals surface area contributed by atoms with E-state index in [4.69, 9.17) is 23.7 Å². The number of hydrogen-bond acceptors (Lipinski definition) is 8. The second-order valence-corrected chi connectivity index (χ2v) is 6.72. The fourth-order valence-corrected chi connectivity index (χ4v) is 2.94. The number of nitrogens with one attached hydrogen (secondary N) is 2. The van der Waals surface area contributed by atoms with Crippen LogP contribution in [0.5, 0.6) is 17.4 Å². The van der Waals surface area contributed by atoms with Crippen molar-refractivity contribution in [2.24, 2.45) is 0 Å². The van der Waals surface area contributed by atoms with Gasteiger partial charge in [-0.05, 0) is 30.5 Å². The van der Waals surface area contributed by atoms with Crippen LogP contribution >= 0.6 is 0 Å². The lowest BCUT2D eigenvalue weighted by molar-refractivity contribution is -0.0806. The maximum Gasteiger partial charge on any atom is 0.223 e. The molecule has 0 aliphatic carbocycles. The van der Waals surface area contributed by atoms with Crippen LogP contribution in [0, 0.1) is 6.92 Å². The largest absolute Gasteiger partial charge is 0.493 e. The third-order valence-electron chi connectivity index (χ3n) is 4.47. The van der Waals surface area contributed by atoms with Crippen molar-refractivity contribution in [1.29, 1.82) is 0 Å². The Balaban J connectivity index is 1.72. The van der Waals surface area contributed by atoms with Crippen molar-refractivity contribution < 1.29 is 23.7 Å². The van der Waals surface area contributed by atoms with Crippen LogP contribution in [0.15, 0.2) is 24.3 Å². The van der Waals surface area contributed by atoms with Gasteiger partial charge in [-0.15, -0.1) is 0 Å². The molecule has 0 unspecified atom stereocenters. The molecule has 29 heavy (non-hydrogen) atoms. The van der Waals surface area contributed by atoms with Gasteiger partial charge in [-0.3, -0.25) is 5.10 Å². The summed E-state index contributed by atoms with van der Waals surface area (Å²) in [4.78, 5) is 4.66. The SMILES string of the molecule is COCCOc1cc2c(OC3COC3)nc(Nc3cc(C)[nH]n3)cc2cc1OC. The van der Waals surface area contributed by atoms with E-state index >= 15 is 0 Å². The number of aromatic amines is 1. The average molecular weight is 400 g/mol. The summed E-state index contributed by atoms with van der Waals surface area (Å²) in [5.41, 5.74) is 0.955. The lowest BCUT2D eigenvalue weighted by Crippen LogP contribution is -2.38. The molecule has 4 rings (SSSR count). The summed E-state index contributed by atoms with van der Waals surface area (Å²) in [7, 11) is 3.24. The van der Waals surface area contributed by atoms with Gasteiger partial charge in [-0.1, -0.05) is 0 Å². The van der Waals surface area contributed by atoms with E-state index in [0.29, 0.717) is 55.4 Å². The van der Waals surface area contributed by atoms with Crippen LogP contribution in [0.25, 0.3) is 10.8 Å². The fraction of sp³-hybridized carbons (Fsp3) is 0.400. The summed E-state index contributed by atoms with van der Waals surface area (Å²) in [5, 5.41) is 12.1. The van der Waals surface area contributed by atoms with Gasteiger partial charge < -0.3 is 29.0 Å². The minimum atomic E-state index is -0.0199. The Kier molecular flexibility index (Phi) is 5.68. The number of anilines is 2. The van der Waals surface area contributed by atoms with Gasteiger partial charge in [0, 0.05) is 24.3 Å². The van der Waals surface area contributed by atoms with Crippen molar-refractivity contribution in [1.82, 2.24) is 15.2 Å². The third-order valence-corrected chi connectivity index (χ3v) is 4.47. The topological polar surface area (TPSA) is 99.8 Å². The average Bonchev–Trinajstić information content (AvgIpc) is 3.09. The molecule has 3 aromatic rings. The monoisotopic (exact) mass is 400 g/mol. The van der Waals surface area contributed by atoms with Gasteiger partial charge in [0.15, 0.2) is 17.3 Å². The first kappa shape index (κ1) is 19.3. The number of methoxy groups -OCH3 is 2. The summed E-state index contributed by atoms with van der Waals surface area (Å²) in [6.45, 7) is 3.93. The molecule has 2 N–H and O–H groups in total. The number of hydrogen-bond donors (Lipinski definition) is 2. The number of fused-ring (bicyclic) bond motifs is 1. The van der Waals surface area contributed by atoms with Crippen molar-refractivity contribution in [2.75, 3.05) is 46.0 Å². The first-order valence-electron chi connectivity index (χ1n) is 9.34. The standard InChI is InChI=1S/C20H24N4O5/c1-12-6-19(24-23-12)21-18-8-13-7-16(26-3)17(28-5-4-25-2)9-15(13)20(22-18)29-14-10-27-11-14/h6-9,14H,4-5,10-11H2,1-3H3,(H2,21,22,23,24). The Bertz CT molecular complexity index is 986. The van der Waals surface area contributed by atoms with E-state index < -0.39 is 0 Å². The zero-order chi connectivity index (χ0) is 20.2. The van der Waals surface area contributed by atoms with E-state index in [9.17, 15) is 0 Å². The molecule has 9 nitrogen and oxygen atoms in total. The van der Waals surface area contributed by atoms with Crippen molar-refractivity contribution in [2.45, 2.75) is 13.0 Å². The third kappa shape index (κ3) is 4.36. The molecule has 0 amide bonds. The second kappa shape index (κ2) is 8.54. The first-order valence-corrected chi connectivity index (χ1v) is 9.34.